The molecule has 0 bridgehead atoms. The molecular weight excluding hydrogens is 272 g/mol. The standard InChI is InChI=1S/C15H21ClN4/c1-11-4-6-12(7-5-11)14(17)15-13(16)10-18-20(15)9-8-19(2)3/h4-7,10,14H,8-9,17H2,1-3H3. The van der Waals surface area contributed by atoms with Crippen LogP contribution in [-0.2, 0) is 6.54 Å². The average molecular weight is 293 g/mol. The van der Waals surface area contributed by atoms with E-state index in [4.69, 9.17) is 17.3 Å². The number of hydrogen-bond acceptors (Lipinski definition) is 3. The Morgan fingerprint density at radius 1 is 1.30 bits per heavy atom. The van der Waals surface area contributed by atoms with Crippen molar-refractivity contribution in [3.63, 3.8) is 0 Å². The maximum atomic E-state index is 6.36. The van der Waals surface area contributed by atoms with E-state index in [1.54, 1.807) is 6.20 Å². The number of aromatic nitrogens is 2. The van der Waals surface area contributed by atoms with Crippen LogP contribution in [0, 0.1) is 6.92 Å². The molecule has 1 unspecified atom stereocenters. The lowest BCUT2D eigenvalue weighted by molar-refractivity contribution is 0.368. The van der Waals surface area contributed by atoms with Gasteiger partial charge in [-0.1, -0.05) is 41.4 Å². The fourth-order valence-electron chi connectivity index (χ4n) is 2.09. The number of nitrogens with two attached hydrogens (primary N) is 1. The molecular formula is C15H21ClN4. The molecule has 0 aliphatic carbocycles. The summed E-state index contributed by atoms with van der Waals surface area (Å²) >= 11 is 6.26. The first-order valence-electron chi connectivity index (χ1n) is 6.67. The number of benzene rings is 1. The van der Waals surface area contributed by atoms with Crippen LogP contribution in [0.15, 0.2) is 30.5 Å². The third-order valence-electron chi connectivity index (χ3n) is 3.32. The number of nitrogens with zero attached hydrogens (tertiary/aromatic N) is 3. The van der Waals surface area contributed by atoms with Gasteiger partial charge >= 0.3 is 0 Å². The fraction of sp³-hybridized carbons (Fsp3) is 0.400. The van der Waals surface area contributed by atoms with Crippen LogP contribution in [0.3, 0.4) is 0 Å². The number of rotatable bonds is 5. The summed E-state index contributed by atoms with van der Waals surface area (Å²) in [7, 11) is 4.06. The molecule has 1 aromatic carbocycles. The van der Waals surface area contributed by atoms with E-state index < -0.39 is 0 Å². The van der Waals surface area contributed by atoms with E-state index in [1.807, 2.05) is 30.9 Å². The molecule has 2 aromatic rings. The molecule has 4 nitrogen and oxygen atoms in total. The summed E-state index contributed by atoms with van der Waals surface area (Å²) in [5.41, 5.74) is 9.49. The van der Waals surface area contributed by atoms with Gasteiger partial charge in [-0.2, -0.15) is 5.10 Å². The second-order valence-electron chi connectivity index (χ2n) is 5.29. The average Bonchev–Trinajstić information content (AvgIpc) is 2.77. The molecule has 0 saturated carbocycles. The molecule has 1 heterocycles. The smallest absolute Gasteiger partial charge is 0.0837 e. The van der Waals surface area contributed by atoms with E-state index in [0.717, 1.165) is 24.3 Å². The summed E-state index contributed by atoms with van der Waals surface area (Å²) in [6, 6.07) is 7.94. The molecule has 1 atom stereocenters. The van der Waals surface area contributed by atoms with Crippen molar-refractivity contribution in [1.82, 2.24) is 14.7 Å². The monoisotopic (exact) mass is 292 g/mol. The first-order chi connectivity index (χ1) is 9.49. The fourth-order valence-corrected chi connectivity index (χ4v) is 2.34. The summed E-state index contributed by atoms with van der Waals surface area (Å²) < 4.78 is 1.90. The van der Waals surface area contributed by atoms with E-state index in [-0.39, 0.29) is 6.04 Å². The third kappa shape index (κ3) is 3.39. The summed E-state index contributed by atoms with van der Waals surface area (Å²) in [5.74, 6) is 0. The molecule has 0 spiro atoms. The minimum atomic E-state index is -0.257. The first-order valence-corrected chi connectivity index (χ1v) is 7.05. The summed E-state index contributed by atoms with van der Waals surface area (Å²) in [4.78, 5) is 2.11. The lowest BCUT2D eigenvalue weighted by atomic mass is 10.0. The van der Waals surface area contributed by atoms with E-state index in [0.29, 0.717) is 5.02 Å². The van der Waals surface area contributed by atoms with Gasteiger partial charge < -0.3 is 10.6 Å². The SMILES string of the molecule is Cc1ccc(C(N)c2c(Cl)cnn2CCN(C)C)cc1. The normalized spacial score (nSPS) is 12.9. The van der Waals surface area contributed by atoms with Crippen LogP contribution >= 0.6 is 11.6 Å². The van der Waals surface area contributed by atoms with Crippen LogP contribution in [-0.4, -0.2) is 35.3 Å². The van der Waals surface area contributed by atoms with Gasteiger partial charge in [0.1, 0.15) is 0 Å². The van der Waals surface area contributed by atoms with Crippen LogP contribution in [0.25, 0.3) is 0 Å². The highest BCUT2D eigenvalue weighted by molar-refractivity contribution is 6.31. The zero-order valence-electron chi connectivity index (χ0n) is 12.2. The maximum Gasteiger partial charge on any atom is 0.0837 e. The molecule has 5 heteroatoms. The van der Waals surface area contributed by atoms with E-state index >= 15 is 0 Å². The molecule has 2 N–H and O–H groups in total. The Bertz CT molecular complexity index is 560. The van der Waals surface area contributed by atoms with Crippen LogP contribution in [0.2, 0.25) is 5.02 Å². The van der Waals surface area contributed by atoms with Gasteiger partial charge in [-0.3, -0.25) is 4.68 Å². The predicted molar refractivity (Wildman–Crippen MR) is 83.0 cm³/mol. The van der Waals surface area contributed by atoms with Gasteiger partial charge in [-0.05, 0) is 26.6 Å². The van der Waals surface area contributed by atoms with Gasteiger partial charge in [-0.25, -0.2) is 0 Å². The van der Waals surface area contributed by atoms with Gasteiger partial charge in [0.25, 0.3) is 0 Å². The molecule has 2 rings (SSSR count). The summed E-state index contributed by atoms with van der Waals surface area (Å²) in [6.07, 6.45) is 1.67. The van der Waals surface area contributed by atoms with Gasteiger partial charge in [0.15, 0.2) is 0 Å². The van der Waals surface area contributed by atoms with Crippen molar-refractivity contribution in [2.75, 3.05) is 20.6 Å². The molecule has 0 radical (unpaired) electrons. The maximum absolute atomic E-state index is 6.36. The Kier molecular flexibility index (Phi) is 4.81. The minimum Gasteiger partial charge on any atom is -0.319 e. The van der Waals surface area contributed by atoms with Crippen molar-refractivity contribution in [2.45, 2.75) is 19.5 Å². The van der Waals surface area contributed by atoms with Crippen molar-refractivity contribution in [3.05, 3.63) is 52.3 Å². The van der Waals surface area contributed by atoms with Crippen LogP contribution in [0.4, 0.5) is 0 Å². The van der Waals surface area contributed by atoms with Gasteiger partial charge in [0, 0.05) is 6.54 Å². The number of likely N-dealkylation sites (N-methyl/N-ethyl adjacent to an activating group) is 1. The van der Waals surface area contributed by atoms with Crippen molar-refractivity contribution >= 4 is 11.6 Å². The first kappa shape index (κ1) is 15.0. The molecule has 108 valence electrons. The number of aryl methyl sites for hydroxylation is 1. The van der Waals surface area contributed by atoms with E-state index in [1.165, 1.54) is 5.56 Å². The van der Waals surface area contributed by atoms with E-state index in [2.05, 4.69) is 29.1 Å². The second-order valence-corrected chi connectivity index (χ2v) is 5.70. The highest BCUT2D eigenvalue weighted by Crippen LogP contribution is 2.26. The zero-order valence-corrected chi connectivity index (χ0v) is 12.9. The van der Waals surface area contributed by atoms with Gasteiger partial charge in [-0.15, -0.1) is 0 Å². The van der Waals surface area contributed by atoms with Crippen LogP contribution < -0.4 is 5.73 Å². The molecule has 1 aromatic heterocycles. The Balaban J connectivity index is 2.26. The molecule has 20 heavy (non-hydrogen) atoms. The van der Waals surface area contributed by atoms with Gasteiger partial charge in [0.2, 0.25) is 0 Å². The summed E-state index contributed by atoms with van der Waals surface area (Å²) in [6.45, 7) is 3.73. The lowest BCUT2D eigenvalue weighted by Crippen LogP contribution is -2.23. The Labute approximate surface area is 125 Å². The summed E-state index contributed by atoms with van der Waals surface area (Å²) in [5, 5.41) is 4.95. The molecule has 0 amide bonds. The lowest BCUT2D eigenvalue weighted by Gasteiger charge is -2.17. The van der Waals surface area contributed by atoms with Crippen LogP contribution in [0.5, 0.6) is 0 Å². The predicted octanol–water partition coefficient (Wildman–Crippen LogP) is 2.45. The van der Waals surface area contributed by atoms with E-state index in [9.17, 15) is 0 Å². The van der Waals surface area contributed by atoms with Gasteiger partial charge in [0.05, 0.1) is 29.5 Å². The Morgan fingerprint density at radius 2 is 1.95 bits per heavy atom. The molecule has 0 aliphatic rings. The van der Waals surface area contributed by atoms with Crippen LogP contribution in [0.1, 0.15) is 22.9 Å². The molecule has 0 fully saturated rings. The number of halogens is 1. The largest absolute Gasteiger partial charge is 0.319 e. The zero-order chi connectivity index (χ0) is 14.7. The highest BCUT2D eigenvalue weighted by Gasteiger charge is 2.18. The molecule has 0 aliphatic heterocycles. The minimum absolute atomic E-state index is 0.257. The van der Waals surface area contributed by atoms with Crippen molar-refractivity contribution < 1.29 is 0 Å². The van der Waals surface area contributed by atoms with Crippen molar-refractivity contribution in [3.8, 4) is 0 Å². The topological polar surface area (TPSA) is 47.1 Å². The third-order valence-corrected chi connectivity index (χ3v) is 3.61. The van der Waals surface area contributed by atoms with Crippen molar-refractivity contribution in [2.24, 2.45) is 5.73 Å². The molecule has 0 saturated heterocycles. The Hall–Kier alpha value is -1.36. The Morgan fingerprint density at radius 3 is 2.55 bits per heavy atom. The number of hydrogen-bond donors (Lipinski definition) is 1. The van der Waals surface area contributed by atoms with Crippen molar-refractivity contribution in [1.29, 1.82) is 0 Å². The second kappa shape index (κ2) is 6.39. The highest BCUT2D eigenvalue weighted by atomic mass is 35.5. The quantitative estimate of drug-likeness (QED) is 0.921.